The van der Waals surface area contributed by atoms with Gasteiger partial charge in [-0.2, -0.15) is 0 Å². The Bertz CT molecular complexity index is 643. The Hall–Kier alpha value is -1.67. The van der Waals surface area contributed by atoms with Gasteiger partial charge in [0, 0.05) is 17.5 Å². The molecule has 0 aliphatic rings. The molecule has 1 heterocycles. The summed E-state index contributed by atoms with van der Waals surface area (Å²) in [5, 5.41) is 10.8. The van der Waals surface area contributed by atoms with Crippen molar-refractivity contribution in [3.63, 3.8) is 0 Å². The number of aliphatic hydroxyl groups excluding tert-OH is 1. The standard InChI is InChI=1S/C17H18FNOS/c1-13(17-6-4-10-21-17)19(2)12-14-7-8-16(18)15(11-14)5-3-9-20/h4,6-8,10-11,13,20H,9,12H2,1-2H3. The molecule has 0 radical (unpaired) electrons. The second-order valence-corrected chi connectivity index (χ2v) is 5.86. The minimum absolute atomic E-state index is 0.265. The third-order valence-electron chi connectivity index (χ3n) is 3.38. The van der Waals surface area contributed by atoms with Gasteiger partial charge in [-0.3, -0.25) is 4.90 Å². The van der Waals surface area contributed by atoms with Gasteiger partial charge < -0.3 is 5.11 Å². The summed E-state index contributed by atoms with van der Waals surface area (Å²) in [5.41, 5.74) is 1.34. The van der Waals surface area contributed by atoms with E-state index >= 15 is 0 Å². The van der Waals surface area contributed by atoms with Crippen LogP contribution in [0.5, 0.6) is 0 Å². The predicted octanol–water partition coefficient (Wildman–Crippen LogP) is 3.42. The minimum atomic E-state index is -0.353. The number of benzene rings is 1. The quantitative estimate of drug-likeness (QED) is 0.875. The molecule has 1 aromatic carbocycles. The van der Waals surface area contributed by atoms with E-state index in [2.05, 4.69) is 35.1 Å². The largest absolute Gasteiger partial charge is 0.384 e. The van der Waals surface area contributed by atoms with Crippen molar-refractivity contribution in [2.45, 2.75) is 19.5 Å². The van der Waals surface area contributed by atoms with Gasteiger partial charge in [-0.15, -0.1) is 11.3 Å². The summed E-state index contributed by atoms with van der Waals surface area (Å²) in [4.78, 5) is 3.52. The van der Waals surface area contributed by atoms with E-state index in [-0.39, 0.29) is 12.4 Å². The highest BCUT2D eigenvalue weighted by Crippen LogP contribution is 2.25. The molecule has 0 aliphatic carbocycles. The molecule has 4 heteroatoms. The molecule has 0 fully saturated rings. The number of hydrogen-bond donors (Lipinski definition) is 1. The van der Waals surface area contributed by atoms with Crippen LogP contribution in [-0.2, 0) is 6.54 Å². The van der Waals surface area contributed by atoms with Gasteiger partial charge in [-0.25, -0.2) is 4.39 Å². The molecule has 1 aromatic heterocycles. The highest BCUT2D eigenvalue weighted by Gasteiger charge is 2.13. The zero-order valence-electron chi connectivity index (χ0n) is 12.1. The number of hydrogen-bond acceptors (Lipinski definition) is 3. The number of halogens is 1. The van der Waals surface area contributed by atoms with Crippen molar-refractivity contribution in [3.8, 4) is 11.8 Å². The van der Waals surface area contributed by atoms with Crippen LogP contribution in [0.1, 0.15) is 29.0 Å². The molecule has 2 nitrogen and oxygen atoms in total. The highest BCUT2D eigenvalue weighted by molar-refractivity contribution is 7.10. The Kier molecular flexibility index (Phi) is 5.51. The third kappa shape index (κ3) is 4.15. The molecule has 0 aliphatic heterocycles. The highest BCUT2D eigenvalue weighted by atomic mass is 32.1. The van der Waals surface area contributed by atoms with E-state index in [1.807, 2.05) is 13.1 Å². The first-order valence-electron chi connectivity index (χ1n) is 6.73. The van der Waals surface area contributed by atoms with Crippen LogP contribution in [-0.4, -0.2) is 23.7 Å². The zero-order chi connectivity index (χ0) is 15.2. The van der Waals surface area contributed by atoms with Crippen LogP contribution in [0.15, 0.2) is 35.7 Å². The lowest BCUT2D eigenvalue weighted by Crippen LogP contribution is -2.21. The monoisotopic (exact) mass is 303 g/mol. The average Bonchev–Trinajstić information content (AvgIpc) is 3.01. The summed E-state index contributed by atoms with van der Waals surface area (Å²) in [6, 6.07) is 9.43. The summed E-state index contributed by atoms with van der Waals surface area (Å²) in [6.45, 7) is 2.61. The summed E-state index contributed by atoms with van der Waals surface area (Å²) in [7, 11) is 2.05. The van der Waals surface area contributed by atoms with Crippen LogP contribution in [0, 0.1) is 17.7 Å². The lowest BCUT2D eigenvalue weighted by Gasteiger charge is -2.24. The Morgan fingerprint density at radius 2 is 2.19 bits per heavy atom. The van der Waals surface area contributed by atoms with E-state index in [0.717, 1.165) is 5.56 Å². The van der Waals surface area contributed by atoms with Gasteiger partial charge in [0.25, 0.3) is 0 Å². The predicted molar refractivity (Wildman–Crippen MR) is 84.6 cm³/mol. The van der Waals surface area contributed by atoms with Crippen molar-refractivity contribution in [3.05, 3.63) is 57.5 Å². The maximum atomic E-state index is 13.6. The topological polar surface area (TPSA) is 23.5 Å². The molecular formula is C17H18FNOS. The number of rotatable bonds is 4. The first-order valence-corrected chi connectivity index (χ1v) is 7.61. The van der Waals surface area contributed by atoms with E-state index in [1.165, 1.54) is 10.9 Å². The molecule has 21 heavy (non-hydrogen) atoms. The zero-order valence-corrected chi connectivity index (χ0v) is 13.0. The van der Waals surface area contributed by atoms with Crippen molar-refractivity contribution in [2.24, 2.45) is 0 Å². The molecule has 0 saturated heterocycles. The lowest BCUT2D eigenvalue weighted by molar-refractivity contribution is 0.256. The molecule has 0 saturated carbocycles. The van der Waals surface area contributed by atoms with Crippen LogP contribution in [0.3, 0.4) is 0 Å². The summed E-state index contributed by atoms with van der Waals surface area (Å²) < 4.78 is 13.6. The first-order chi connectivity index (χ1) is 10.1. The Morgan fingerprint density at radius 1 is 1.38 bits per heavy atom. The van der Waals surface area contributed by atoms with Crippen molar-refractivity contribution >= 4 is 11.3 Å². The van der Waals surface area contributed by atoms with Gasteiger partial charge in [0.05, 0.1) is 5.56 Å². The van der Waals surface area contributed by atoms with Crippen LogP contribution in [0.2, 0.25) is 0 Å². The average molecular weight is 303 g/mol. The first kappa shape index (κ1) is 15.7. The maximum absolute atomic E-state index is 13.6. The summed E-state index contributed by atoms with van der Waals surface area (Å²) in [5.74, 6) is 4.77. The molecule has 0 spiro atoms. The van der Waals surface area contributed by atoms with Gasteiger partial charge in [0.1, 0.15) is 12.4 Å². The molecule has 0 bridgehead atoms. The van der Waals surface area contributed by atoms with Crippen LogP contribution in [0.25, 0.3) is 0 Å². The van der Waals surface area contributed by atoms with Gasteiger partial charge in [-0.1, -0.05) is 24.0 Å². The third-order valence-corrected chi connectivity index (χ3v) is 4.42. The second kappa shape index (κ2) is 7.37. The van der Waals surface area contributed by atoms with Crippen LogP contribution < -0.4 is 0 Å². The van der Waals surface area contributed by atoms with Crippen LogP contribution in [0.4, 0.5) is 4.39 Å². The molecule has 2 rings (SSSR count). The fourth-order valence-electron chi connectivity index (χ4n) is 2.07. The van der Waals surface area contributed by atoms with E-state index < -0.39 is 0 Å². The number of thiophene rings is 1. The summed E-state index contributed by atoms with van der Waals surface area (Å²) >= 11 is 1.73. The Labute approximate surface area is 128 Å². The number of nitrogens with zero attached hydrogens (tertiary/aromatic N) is 1. The van der Waals surface area contributed by atoms with E-state index in [4.69, 9.17) is 5.11 Å². The van der Waals surface area contributed by atoms with Gasteiger partial charge in [0.2, 0.25) is 0 Å². The second-order valence-electron chi connectivity index (χ2n) is 4.88. The normalized spacial score (nSPS) is 12.0. The van der Waals surface area contributed by atoms with Crippen molar-refractivity contribution in [1.29, 1.82) is 0 Å². The molecule has 0 amide bonds. The van der Waals surface area contributed by atoms with E-state index in [1.54, 1.807) is 23.5 Å². The van der Waals surface area contributed by atoms with E-state index in [9.17, 15) is 4.39 Å². The minimum Gasteiger partial charge on any atom is -0.384 e. The molecule has 1 N–H and O–H groups in total. The molecule has 110 valence electrons. The fraction of sp³-hybridized carbons (Fsp3) is 0.294. The lowest BCUT2D eigenvalue weighted by atomic mass is 10.1. The Balaban J connectivity index is 2.12. The molecule has 2 aromatic rings. The maximum Gasteiger partial charge on any atom is 0.138 e. The SMILES string of the molecule is CC(c1cccs1)N(C)Cc1ccc(F)c(C#CCO)c1. The molecular weight excluding hydrogens is 285 g/mol. The molecule has 1 atom stereocenters. The van der Waals surface area contributed by atoms with Crippen molar-refractivity contribution < 1.29 is 9.50 Å². The van der Waals surface area contributed by atoms with Crippen LogP contribution >= 0.6 is 11.3 Å². The number of aliphatic hydroxyl groups is 1. The van der Waals surface area contributed by atoms with Gasteiger partial charge in [0.15, 0.2) is 0 Å². The summed E-state index contributed by atoms with van der Waals surface area (Å²) in [6.07, 6.45) is 0. The van der Waals surface area contributed by atoms with Crippen molar-refractivity contribution in [2.75, 3.05) is 13.7 Å². The van der Waals surface area contributed by atoms with Gasteiger partial charge >= 0.3 is 0 Å². The molecule has 1 unspecified atom stereocenters. The van der Waals surface area contributed by atoms with E-state index in [0.29, 0.717) is 18.2 Å². The smallest absolute Gasteiger partial charge is 0.138 e. The van der Waals surface area contributed by atoms with Gasteiger partial charge in [-0.05, 0) is 43.1 Å². The Morgan fingerprint density at radius 3 is 2.86 bits per heavy atom. The fourth-order valence-corrected chi connectivity index (χ4v) is 2.92. The van der Waals surface area contributed by atoms with Crippen molar-refractivity contribution in [1.82, 2.24) is 4.90 Å².